The number of aromatic nitrogens is 1. The van der Waals surface area contributed by atoms with Gasteiger partial charge < -0.3 is 4.74 Å². The van der Waals surface area contributed by atoms with Crippen molar-refractivity contribution in [3.05, 3.63) is 35.7 Å². The third-order valence-corrected chi connectivity index (χ3v) is 4.83. The van der Waals surface area contributed by atoms with Crippen molar-refractivity contribution >= 4 is 17.8 Å². The number of pyridine rings is 1. The maximum Gasteiger partial charge on any atom is 0.341 e. The Morgan fingerprint density at radius 2 is 1.50 bits per heavy atom. The zero-order valence-corrected chi connectivity index (χ0v) is 17.8. The van der Waals surface area contributed by atoms with E-state index in [0.717, 1.165) is 18.4 Å². The van der Waals surface area contributed by atoms with Crippen LogP contribution in [0.1, 0.15) is 96.5 Å². The number of ether oxygens (including phenoxy) is 1. The molecule has 1 heterocycles. The highest BCUT2D eigenvalue weighted by Gasteiger charge is 2.15. The molecule has 0 atom stereocenters. The fraction of sp³-hybridized carbons (Fsp3) is 0.625. The van der Waals surface area contributed by atoms with E-state index in [-0.39, 0.29) is 11.4 Å². The fourth-order valence-electron chi connectivity index (χ4n) is 3.12. The summed E-state index contributed by atoms with van der Waals surface area (Å²) in [5.41, 5.74) is 0.793. The van der Waals surface area contributed by atoms with Gasteiger partial charge in [-0.15, -0.1) is 0 Å². The molecule has 0 fully saturated rings. The zero-order chi connectivity index (χ0) is 20.5. The van der Waals surface area contributed by atoms with Crippen molar-refractivity contribution < 1.29 is 14.3 Å². The van der Waals surface area contributed by atoms with Gasteiger partial charge in [0.1, 0.15) is 5.57 Å². The van der Waals surface area contributed by atoms with Gasteiger partial charge in [-0.2, -0.15) is 0 Å². The van der Waals surface area contributed by atoms with Gasteiger partial charge in [0, 0.05) is 12.4 Å². The first-order valence-electron chi connectivity index (χ1n) is 10.9. The number of carbonyl (C=O) groups excluding carboxylic acids is 2. The molecule has 4 heteroatoms. The molecule has 0 aliphatic carbocycles. The maximum absolute atomic E-state index is 12.2. The van der Waals surface area contributed by atoms with E-state index < -0.39 is 5.97 Å². The second-order valence-corrected chi connectivity index (χ2v) is 7.43. The Balaban J connectivity index is 2.09. The highest BCUT2D eigenvalue weighted by atomic mass is 16.5. The van der Waals surface area contributed by atoms with E-state index >= 15 is 0 Å². The molecule has 0 spiro atoms. The molecule has 156 valence electrons. The fourth-order valence-corrected chi connectivity index (χ4v) is 3.12. The van der Waals surface area contributed by atoms with Gasteiger partial charge in [-0.25, -0.2) is 4.79 Å². The number of Topliss-reactive ketones (excluding diaryl/α,β-unsaturated/α-hetero) is 1. The second-order valence-electron chi connectivity index (χ2n) is 7.43. The average molecular weight is 388 g/mol. The molecular weight excluding hydrogens is 350 g/mol. The van der Waals surface area contributed by atoms with Crippen LogP contribution in [0.5, 0.6) is 0 Å². The molecule has 1 rings (SSSR count). The number of ketones is 1. The molecule has 0 aliphatic heterocycles. The second kappa shape index (κ2) is 16.0. The van der Waals surface area contributed by atoms with Crippen LogP contribution in [-0.4, -0.2) is 23.3 Å². The van der Waals surface area contributed by atoms with Gasteiger partial charge in [0.15, 0.2) is 5.78 Å². The number of carbonyl (C=O) groups is 2. The lowest BCUT2D eigenvalue weighted by molar-refractivity contribution is -0.140. The van der Waals surface area contributed by atoms with Crippen LogP contribution in [0.2, 0.25) is 0 Å². The van der Waals surface area contributed by atoms with Crippen LogP contribution in [0.4, 0.5) is 0 Å². The predicted molar refractivity (Wildman–Crippen MR) is 115 cm³/mol. The summed E-state index contributed by atoms with van der Waals surface area (Å²) in [6.07, 6.45) is 20.0. The minimum atomic E-state index is -0.542. The van der Waals surface area contributed by atoms with Crippen LogP contribution >= 0.6 is 0 Å². The first-order chi connectivity index (χ1) is 13.6. The third kappa shape index (κ3) is 11.7. The molecule has 4 nitrogen and oxygen atoms in total. The Bertz CT molecular complexity index is 581. The molecule has 0 aliphatic rings. The highest BCUT2D eigenvalue weighted by molar-refractivity contribution is 6.19. The molecule has 0 saturated carbocycles. The van der Waals surface area contributed by atoms with Crippen molar-refractivity contribution in [3.63, 3.8) is 0 Å². The predicted octanol–water partition coefficient (Wildman–Crippen LogP) is 6.30. The third-order valence-electron chi connectivity index (χ3n) is 4.83. The molecule has 0 radical (unpaired) electrons. The minimum absolute atomic E-state index is 0.0759. The number of hydrogen-bond donors (Lipinski definition) is 0. The molecular formula is C24H37NO3. The van der Waals surface area contributed by atoms with E-state index in [1.54, 1.807) is 30.6 Å². The summed E-state index contributed by atoms with van der Waals surface area (Å²) in [6.45, 7) is 4.00. The molecule has 0 amide bonds. The van der Waals surface area contributed by atoms with Gasteiger partial charge >= 0.3 is 5.97 Å². The number of esters is 1. The summed E-state index contributed by atoms with van der Waals surface area (Å²) in [4.78, 5) is 27.9. The number of nitrogens with zero attached hydrogens (tertiary/aromatic N) is 1. The summed E-state index contributed by atoms with van der Waals surface area (Å²) < 4.78 is 5.28. The SMILES string of the molecule is CCCCCCCCCCCCCCOC(=O)/C(=C\c1cccnc1)C(C)=O. The first-order valence-corrected chi connectivity index (χ1v) is 10.9. The summed E-state index contributed by atoms with van der Waals surface area (Å²) in [7, 11) is 0. The van der Waals surface area contributed by atoms with Gasteiger partial charge in [0.05, 0.1) is 6.61 Å². The van der Waals surface area contributed by atoms with E-state index in [4.69, 9.17) is 4.74 Å². The van der Waals surface area contributed by atoms with E-state index in [1.165, 1.54) is 71.1 Å². The maximum atomic E-state index is 12.2. The van der Waals surface area contributed by atoms with Crippen LogP contribution < -0.4 is 0 Å². The van der Waals surface area contributed by atoms with Crippen LogP contribution in [0.25, 0.3) is 6.08 Å². The van der Waals surface area contributed by atoms with Crippen LogP contribution in [-0.2, 0) is 14.3 Å². The lowest BCUT2D eigenvalue weighted by atomic mass is 10.1. The normalized spacial score (nSPS) is 11.4. The van der Waals surface area contributed by atoms with Crippen molar-refractivity contribution in [2.75, 3.05) is 6.61 Å². The molecule has 0 bridgehead atoms. The molecule has 0 aromatic carbocycles. The van der Waals surface area contributed by atoms with Gasteiger partial charge in [-0.1, -0.05) is 83.6 Å². The molecule has 1 aromatic rings. The van der Waals surface area contributed by atoms with Crippen LogP contribution in [0, 0.1) is 0 Å². The Hall–Kier alpha value is -1.97. The summed E-state index contributed by atoms with van der Waals surface area (Å²) in [5, 5.41) is 0. The number of rotatable bonds is 16. The van der Waals surface area contributed by atoms with E-state index in [1.807, 2.05) is 0 Å². The van der Waals surface area contributed by atoms with Crippen LogP contribution in [0.3, 0.4) is 0 Å². The summed E-state index contributed by atoms with van der Waals surface area (Å²) in [6, 6.07) is 3.57. The molecule has 0 unspecified atom stereocenters. The Morgan fingerprint density at radius 1 is 0.929 bits per heavy atom. The zero-order valence-electron chi connectivity index (χ0n) is 17.8. The largest absolute Gasteiger partial charge is 0.462 e. The van der Waals surface area contributed by atoms with Crippen molar-refractivity contribution in [1.29, 1.82) is 0 Å². The van der Waals surface area contributed by atoms with Crippen molar-refractivity contribution in [3.8, 4) is 0 Å². The van der Waals surface area contributed by atoms with Gasteiger partial charge in [-0.3, -0.25) is 9.78 Å². The standard InChI is InChI=1S/C24H37NO3/c1-3-4-5-6-7-8-9-10-11-12-13-14-18-28-24(27)23(21(2)26)19-22-16-15-17-25-20-22/h15-17,19-20H,3-14,18H2,1-2H3/b23-19-. The highest BCUT2D eigenvalue weighted by Crippen LogP contribution is 2.13. The minimum Gasteiger partial charge on any atom is -0.462 e. The summed E-state index contributed by atoms with van der Waals surface area (Å²) >= 11 is 0. The molecule has 0 saturated heterocycles. The smallest absolute Gasteiger partial charge is 0.341 e. The molecule has 0 N–H and O–H groups in total. The Labute approximate surface area is 170 Å². The molecule has 1 aromatic heterocycles. The lowest BCUT2D eigenvalue weighted by Gasteiger charge is -2.06. The topological polar surface area (TPSA) is 56.3 Å². The Morgan fingerprint density at radius 3 is 2.00 bits per heavy atom. The van der Waals surface area contributed by atoms with Crippen LogP contribution in [0.15, 0.2) is 30.1 Å². The van der Waals surface area contributed by atoms with Gasteiger partial charge in [0.25, 0.3) is 0 Å². The van der Waals surface area contributed by atoms with Crippen molar-refractivity contribution in [2.24, 2.45) is 0 Å². The van der Waals surface area contributed by atoms with Gasteiger partial charge in [-0.05, 0) is 31.1 Å². The summed E-state index contributed by atoms with van der Waals surface area (Å²) in [5.74, 6) is -0.831. The Kier molecular flexibility index (Phi) is 13.8. The van der Waals surface area contributed by atoms with Gasteiger partial charge in [0.2, 0.25) is 0 Å². The van der Waals surface area contributed by atoms with Crippen molar-refractivity contribution in [1.82, 2.24) is 4.98 Å². The van der Waals surface area contributed by atoms with Crippen molar-refractivity contribution in [2.45, 2.75) is 90.9 Å². The number of hydrogen-bond acceptors (Lipinski definition) is 4. The lowest BCUT2D eigenvalue weighted by Crippen LogP contribution is -2.14. The van der Waals surface area contributed by atoms with E-state index in [0.29, 0.717) is 6.61 Å². The van der Waals surface area contributed by atoms with E-state index in [2.05, 4.69) is 11.9 Å². The quantitative estimate of drug-likeness (QED) is 0.110. The first kappa shape index (κ1) is 24.1. The molecule has 28 heavy (non-hydrogen) atoms. The monoisotopic (exact) mass is 387 g/mol. The average Bonchev–Trinajstić information content (AvgIpc) is 2.70. The number of unbranched alkanes of at least 4 members (excludes halogenated alkanes) is 11. The van der Waals surface area contributed by atoms with E-state index in [9.17, 15) is 9.59 Å².